The summed E-state index contributed by atoms with van der Waals surface area (Å²) in [6.07, 6.45) is 3.42. The molecule has 13 heavy (non-hydrogen) atoms. The third kappa shape index (κ3) is 1.24. The number of nitrogens with two attached hydrogens (primary N) is 1. The van der Waals surface area contributed by atoms with Crippen LogP contribution in [0.5, 0.6) is 0 Å². The van der Waals surface area contributed by atoms with Crippen molar-refractivity contribution in [2.24, 2.45) is 0 Å². The Morgan fingerprint density at radius 2 is 2.31 bits per heavy atom. The van der Waals surface area contributed by atoms with Crippen LogP contribution in [0.2, 0.25) is 0 Å². The summed E-state index contributed by atoms with van der Waals surface area (Å²) in [5, 5.41) is 7.64. The molecule has 0 radical (unpaired) electrons. The second-order valence-electron chi connectivity index (χ2n) is 2.68. The summed E-state index contributed by atoms with van der Waals surface area (Å²) in [4.78, 5) is 3.98. The standard InChI is InChI=1S/C8H9N5/c1-6-8(9)11-12-13(6)7-3-2-4-10-5-7/h2-5H,9H2,1H3. The Balaban J connectivity index is 2.53. The lowest BCUT2D eigenvalue weighted by molar-refractivity contribution is 0.782. The molecule has 0 saturated heterocycles. The monoisotopic (exact) mass is 175 g/mol. The van der Waals surface area contributed by atoms with Crippen molar-refractivity contribution in [1.29, 1.82) is 0 Å². The fourth-order valence-corrected chi connectivity index (χ4v) is 1.07. The van der Waals surface area contributed by atoms with Crippen molar-refractivity contribution in [3.63, 3.8) is 0 Å². The van der Waals surface area contributed by atoms with Crippen LogP contribution in [0.15, 0.2) is 24.5 Å². The molecule has 0 aliphatic carbocycles. The summed E-state index contributed by atoms with van der Waals surface area (Å²) in [6.45, 7) is 1.86. The van der Waals surface area contributed by atoms with Gasteiger partial charge in [-0.05, 0) is 19.1 Å². The zero-order valence-corrected chi connectivity index (χ0v) is 7.18. The number of aromatic nitrogens is 4. The molecule has 0 aliphatic heterocycles. The molecule has 0 unspecified atom stereocenters. The topological polar surface area (TPSA) is 69.6 Å². The van der Waals surface area contributed by atoms with E-state index in [2.05, 4.69) is 15.3 Å². The lowest BCUT2D eigenvalue weighted by Gasteiger charge is -2.00. The number of nitrogens with zero attached hydrogens (tertiary/aromatic N) is 4. The van der Waals surface area contributed by atoms with Crippen LogP contribution in [0.4, 0.5) is 5.82 Å². The number of rotatable bonds is 1. The zero-order chi connectivity index (χ0) is 9.26. The molecule has 66 valence electrons. The van der Waals surface area contributed by atoms with Crippen LogP contribution < -0.4 is 5.73 Å². The Kier molecular flexibility index (Phi) is 1.70. The molecule has 0 fully saturated rings. The Bertz CT molecular complexity index is 406. The van der Waals surface area contributed by atoms with Crippen molar-refractivity contribution in [1.82, 2.24) is 20.0 Å². The zero-order valence-electron chi connectivity index (χ0n) is 7.18. The predicted molar refractivity (Wildman–Crippen MR) is 48.3 cm³/mol. The number of pyridine rings is 1. The highest BCUT2D eigenvalue weighted by molar-refractivity contribution is 5.38. The maximum absolute atomic E-state index is 5.56. The largest absolute Gasteiger partial charge is 0.381 e. The average Bonchev–Trinajstić information content (AvgIpc) is 2.49. The Morgan fingerprint density at radius 1 is 1.46 bits per heavy atom. The second kappa shape index (κ2) is 2.85. The van der Waals surface area contributed by atoms with Gasteiger partial charge in [-0.3, -0.25) is 4.98 Å². The number of hydrogen-bond donors (Lipinski definition) is 1. The summed E-state index contributed by atoms with van der Waals surface area (Å²) >= 11 is 0. The molecule has 0 aromatic carbocycles. The van der Waals surface area contributed by atoms with E-state index >= 15 is 0 Å². The highest BCUT2D eigenvalue weighted by Gasteiger charge is 2.05. The van der Waals surface area contributed by atoms with Crippen LogP contribution in [0.3, 0.4) is 0 Å². The van der Waals surface area contributed by atoms with Gasteiger partial charge in [0, 0.05) is 6.20 Å². The summed E-state index contributed by atoms with van der Waals surface area (Å²) < 4.78 is 1.66. The quantitative estimate of drug-likeness (QED) is 0.687. The van der Waals surface area contributed by atoms with Gasteiger partial charge in [-0.1, -0.05) is 5.21 Å². The number of nitrogen functional groups attached to an aromatic ring is 1. The van der Waals surface area contributed by atoms with Crippen LogP contribution in [-0.2, 0) is 0 Å². The van der Waals surface area contributed by atoms with Crippen molar-refractivity contribution in [3.05, 3.63) is 30.2 Å². The first-order valence-corrected chi connectivity index (χ1v) is 3.87. The second-order valence-corrected chi connectivity index (χ2v) is 2.68. The summed E-state index contributed by atoms with van der Waals surface area (Å²) in [6, 6.07) is 3.74. The van der Waals surface area contributed by atoms with Crippen molar-refractivity contribution in [2.75, 3.05) is 5.73 Å². The molecule has 0 aliphatic rings. The first-order valence-electron chi connectivity index (χ1n) is 3.87. The Labute approximate surface area is 75.2 Å². The van der Waals surface area contributed by atoms with Crippen LogP contribution in [-0.4, -0.2) is 20.0 Å². The third-order valence-electron chi connectivity index (χ3n) is 1.82. The Morgan fingerprint density at radius 3 is 2.85 bits per heavy atom. The van der Waals surface area contributed by atoms with Gasteiger partial charge < -0.3 is 5.73 Å². The van der Waals surface area contributed by atoms with Gasteiger partial charge in [0.05, 0.1) is 17.6 Å². The molecular weight excluding hydrogens is 166 g/mol. The van der Waals surface area contributed by atoms with E-state index in [0.717, 1.165) is 11.4 Å². The van der Waals surface area contributed by atoms with Gasteiger partial charge in [0.15, 0.2) is 5.82 Å². The fourth-order valence-electron chi connectivity index (χ4n) is 1.07. The van der Waals surface area contributed by atoms with Gasteiger partial charge in [0.25, 0.3) is 0 Å². The molecule has 0 spiro atoms. The van der Waals surface area contributed by atoms with E-state index in [1.165, 1.54) is 0 Å². The van der Waals surface area contributed by atoms with Crippen LogP contribution in [0.1, 0.15) is 5.69 Å². The molecular formula is C8H9N5. The minimum atomic E-state index is 0.448. The predicted octanol–water partition coefficient (Wildman–Crippen LogP) is 0.553. The van der Waals surface area contributed by atoms with Gasteiger partial charge in [0.1, 0.15) is 0 Å². The van der Waals surface area contributed by atoms with E-state index < -0.39 is 0 Å². The molecule has 2 rings (SSSR count). The van der Waals surface area contributed by atoms with Gasteiger partial charge >= 0.3 is 0 Å². The van der Waals surface area contributed by atoms with Crippen molar-refractivity contribution in [3.8, 4) is 5.69 Å². The first kappa shape index (κ1) is 7.72. The first-order chi connectivity index (χ1) is 6.29. The van der Waals surface area contributed by atoms with E-state index in [1.807, 2.05) is 19.1 Å². The number of hydrogen-bond acceptors (Lipinski definition) is 4. The van der Waals surface area contributed by atoms with Crippen molar-refractivity contribution < 1.29 is 0 Å². The van der Waals surface area contributed by atoms with Gasteiger partial charge in [0.2, 0.25) is 0 Å². The van der Waals surface area contributed by atoms with Gasteiger partial charge in [-0.15, -0.1) is 5.10 Å². The van der Waals surface area contributed by atoms with E-state index in [-0.39, 0.29) is 0 Å². The molecule has 0 amide bonds. The molecule has 0 saturated carbocycles. The minimum absolute atomic E-state index is 0.448. The molecule has 2 heterocycles. The SMILES string of the molecule is Cc1c(N)nnn1-c1cccnc1. The highest BCUT2D eigenvalue weighted by Crippen LogP contribution is 2.10. The van der Waals surface area contributed by atoms with Gasteiger partial charge in [-0.2, -0.15) is 0 Å². The maximum Gasteiger partial charge on any atom is 0.169 e. The molecule has 2 aromatic rings. The summed E-state index contributed by atoms with van der Waals surface area (Å²) in [5.41, 5.74) is 7.25. The maximum atomic E-state index is 5.56. The van der Waals surface area contributed by atoms with Crippen LogP contribution in [0.25, 0.3) is 5.69 Å². The van der Waals surface area contributed by atoms with Gasteiger partial charge in [-0.25, -0.2) is 4.68 Å². The molecule has 0 atom stereocenters. The normalized spacial score (nSPS) is 10.2. The summed E-state index contributed by atoms with van der Waals surface area (Å²) in [5.74, 6) is 0.448. The lowest BCUT2D eigenvalue weighted by Crippen LogP contribution is -1.99. The van der Waals surface area contributed by atoms with E-state index in [1.54, 1.807) is 17.1 Å². The third-order valence-corrected chi connectivity index (χ3v) is 1.82. The van der Waals surface area contributed by atoms with Crippen molar-refractivity contribution in [2.45, 2.75) is 6.92 Å². The minimum Gasteiger partial charge on any atom is -0.381 e. The average molecular weight is 175 g/mol. The van der Waals surface area contributed by atoms with E-state index in [9.17, 15) is 0 Å². The number of anilines is 1. The molecule has 2 aromatic heterocycles. The smallest absolute Gasteiger partial charge is 0.169 e. The van der Waals surface area contributed by atoms with E-state index in [4.69, 9.17) is 5.73 Å². The fraction of sp³-hybridized carbons (Fsp3) is 0.125. The highest BCUT2D eigenvalue weighted by atomic mass is 15.4. The summed E-state index contributed by atoms with van der Waals surface area (Å²) in [7, 11) is 0. The van der Waals surface area contributed by atoms with E-state index in [0.29, 0.717) is 5.82 Å². The molecule has 0 bridgehead atoms. The lowest BCUT2D eigenvalue weighted by atomic mass is 10.4. The van der Waals surface area contributed by atoms with Crippen LogP contribution in [0, 0.1) is 6.92 Å². The van der Waals surface area contributed by atoms with Crippen LogP contribution >= 0.6 is 0 Å². The molecule has 2 N–H and O–H groups in total. The molecule has 5 heteroatoms. The Hall–Kier alpha value is -1.91. The molecule has 5 nitrogen and oxygen atoms in total. The van der Waals surface area contributed by atoms with Crippen molar-refractivity contribution >= 4 is 5.82 Å².